The third kappa shape index (κ3) is 4.23. The molecule has 1 aromatic heterocycles. The summed E-state index contributed by atoms with van der Waals surface area (Å²) in [5, 5.41) is 13.1. The molecule has 0 spiro atoms. The van der Waals surface area contributed by atoms with Gasteiger partial charge in [-0.3, -0.25) is 4.79 Å². The Hall–Kier alpha value is -3.36. The van der Waals surface area contributed by atoms with E-state index in [0.717, 1.165) is 10.3 Å². The van der Waals surface area contributed by atoms with Gasteiger partial charge in [-0.1, -0.05) is 30.3 Å². The Labute approximate surface area is 169 Å². The molecule has 9 nitrogen and oxygen atoms in total. The molecule has 0 fully saturated rings. The van der Waals surface area contributed by atoms with E-state index in [-0.39, 0.29) is 24.9 Å². The summed E-state index contributed by atoms with van der Waals surface area (Å²) < 4.78 is 16.3. The van der Waals surface area contributed by atoms with Crippen molar-refractivity contribution in [2.45, 2.75) is 25.9 Å². The number of nitrogens with zero attached hydrogens (tertiary/aromatic N) is 4. The minimum absolute atomic E-state index is 0.0521. The average molecular weight is 400 g/mol. The van der Waals surface area contributed by atoms with Gasteiger partial charge in [0.2, 0.25) is 11.6 Å². The normalized spacial score (nSPS) is 16.1. The summed E-state index contributed by atoms with van der Waals surface area (Å²) in [7, 11) is 4.25. The first-order valence-corrected chi connectivity index (χ1v) is 9.14. The van der Waals surface area contributed by atoms with Crippen LogP contribution in [0.15, 0.2) is 30.3 Å². The number of hydrogen-bond acceptors (Lipinski definition) is 8. The zero-order valence-corrected chi connectivity index (χ0v) is 16.9. The summed E-state index contributed by atoms with van der Waals surface area (Å²) in [4.78, 5) is 22.6. The highest BCUT2D eigenvalue weighted by molar-refractivity contribution is 6.02. The lowest BCUT2D eigenvalue weighted by molar-refractivity contribution is -0.497. The highest BCUT2D eigenvalue weighted by Gasteiger charge is 2.36. The highest BCUT2D eigenvalue weighted by Crippen LogP contribution is 2.33. The van der Waals surface area contributed by atoms with Gasteiger partial charge in [0.1, 0.15) is 12.0 Å². The van der Waals surface area contributed by atoms with Crippen molar-refractivity contribution < 1.29 is 23.7 Å². The van der Waals surface area contributed by atoms with E-state index >= 15 is 0 Å². The maximum absolute atomic E-state index is 13.1. The number of hydroxylamine groups is 1. The summed E-state index contributed by atoms with van der Waals surface area (Å²) in [6, 6.07) is 9.27. The van der Waals surface area contributed by atoms with Crippen molar-refractivity contribution in [2.75, 3.05) is 32.8 Å². The van der Waals surface area contributed by atoms with Crippen molar-refractivity contribution in [3.05, 3.63) is 46.7 Å². The zero-order chi connectivity index (χ0) is 21.0. The van der Waals surface area contributed by atoms with Gasteiger partial charge >= 0.3 is 12.0 Å². The van der Waals surface area contributed by atoms with Crippen LogP contribution in [0.5, 0.6) is 11.9 Å². The molecule has 1 aliphatic heterocycles. The molecule has 2 aromatic rings. The highest BCUT2D eigenvalue weighted by atomic mass is 16.5. The molecule has 2 heterocycles. The number of methoxy groups -OCH3 is 3. The van der Waals surface area contributed by atoms with Crippen LogP contribution in [0.3, 0.4) is 0 Å². The number of benzene rings is 1. The molecule has 0 N–H and O–H groups in total. The maximum atomic E-state index is 13.1. The van der Waals surface area contributed by atoms with Gasteiger partial charge in [-0.05, 0) is 5.56 Å². The van der Waals surface area contributed by atoms with E-state index in [4.69, 9.17) is 14.2 Å². The van der Waals surface area contributed by atoms with E-state index in [0.29, 0.717) is 23.6 Å². The van der Waals surface area contributed by atoms with Gasteiger partial charge in [0.05, 0.1) is 27.9 Å². The molecule has 1 aliphatic rings. The molecule has 29 heavy (non-hydrogen) atoms. The van der Waals surface area contributed by atoms with Crippen LogP contribution < -0.4 is 14.4 Å². The molecule has 1 unspecified atom stereocenters. The molecule has 0 radical (unpaired) electrons. The quantitative estimate of drug-likeness (QED) is 0.411. The van der Waals surface area contributed by atoms with Gasteiger partial charge in [-0.25, -0.2) is 4.74 Å². The lowest BCUT2D eigenvalue weighted by atomic mass is 10.1. The summed E-state index contributed by atoms with van der Waals surface area (Å²) in [6.07, 6.45) is -0.0521. The molecular weight excluding hydrogens is 376 g/mol. The molecule has 1 atom stereocenters. The molecule has 0 saturated carbocycles. The van der Waals surface area contributed by atoms with Gasteiger partial charge in [0.25, 0.3) is 0 Å². The minimum Gasteiger partial charge on any atom is -0.623 e. The van der Waals surface area contributed by atoms with Gasteiger partial charge in [0.15, 0.2) is 11.9 Å². The Morgan fingerprint density at radius 1 is 1.21 bits per heavy atom. The Kier molecular flexibility index (Phi) is 6.16. The first-order chi connectivity index (χ1) is 14.0. The van der Waals surface area contributed by atoms with Crippen LogP contribution >= 0.6 is 0 Å². The predicted octanol–water partition coefficient (Wildman–Crippen LogP) is 1.76. The number of ether oxygens (including phenoxy) is 3. The van der Waals surface area contributed by atoms with Crippen LogP contribution in [0, 0.1) is 5.21 Å². The third-order valence-corrected chi connectivity index (χ3v) is 4.81. The molecule has 3 rings (SSSR count). The number of esters is 1. The van der Waals surface area contributed by atoms with Gasteiger partial charge in [-0.2, -0.15) is 9.97 Å². The smallest absolute Gasteiger partial charge is 0.321 e. The Balaban J connectivity index is 2.14. The van der Waals surface area contributed by atoms with E-state index in [1.165, 1.54) is 21.3 Å². The summed E-state index contributed by atoms with van der Waals surface area (Å²) in [5.74, 6) is 0.301. The second-order valence-electron chi connectivity index (χ2n) is 6.63. The van der Waals surface area contributed by atoms with Crippen molar-refractivity contribution in [1.82, 2.24) is 9.97 Å². The minimum atomic E-state index is -0.656. The molecule has 0 aliphatic carbocycles. The Morgan fingerprint density at radius 3 is 2.55 bits per heavy atom. The number of rotatable bonds is 6. The third-order valence-electron chi connectivity index (χ3n) is 4.81. The maximum Gasteiger partial charge on any atom is 0.321 e. The fourth-order valence-corrected chi connectivity index (χ4v) is 3.36. The first-order valence-electron chi connectivity index (χ1n) is 9.14. The monoisotopic (exact) mass is 400 g/mol. The lowest BCUT2D eigenvalue weighted by Crippen LogP contribution is -2.38. The van der Waals surface area contributed by atoms with Crippen LogP contribution in [-0.2, 0) is 16.1 Å². The second-order valence-corrected chi connectivity index (χ2v) is 6.63. The van der Waals surface area contributed by atoms with Crippen LogP contribution in [-0.4, -0.2) is 60.3 Å². The molecule has 0 saturated heterocycles. The number of carbonyl (C=O) groups excluding carboxylic acids is 1. The molecular formula is C20H24N4O5. The van der Waals surface area contributed by atoms with Gasteiger partial charge < -0.3 is 24.3 Å². The number of aromatic nitrogens is 2. The SMILES string of the molecule is COC(=O)CC1CN(Cc2ccccc2)c2nc(OC)nc(OC)c2C(C)=[N+]1[O-]. The number of fused-ring (bicyclic) bond motifs is 1. The van der Waals surface area contributed by atoms with E-state index in [1.807, 2.05) is 35.2 Å². The largest absolute Gasteiger partial charge is 0.623 e. The Morgan fingerprint density at radius 2 is 1.93 bits per heavy atom. The van der Waals surface area contributed by atoms with Gasteiger partial charge in [-0.15, -0.1) is 0 Å². The first kappa shape index (κ1) is 20.4. The zero-order valence-electron chi connectivity index (χ0n) is 16.9. The second kappa shape index (κ2) is 8.76. The van der Waals surface area contributed by atoms with E-state index in [9.17, 15) is 10.0 Å². The van der Waals surface area contributed by atoms with Gasteiger partial charge in [0, 0.05) is 13.5 Å². The topological polar surface area (TPSA) is 99.9 Å². The summed E-state index contributed by atoms with van der Waals surface area (Å²) in [6.45, 7) is 2.41. The van der Waals surface area contributed by atoms with Crippen LogP contribution in [0.25, 0.3) is 0 Å². The van der Waals surface area contributed by atoms with Crippen LogP contribution in [0.4, 0.5) is 5.82 Å². The van der Waals surface area contributed by atoms with Crippen molar-refractivity contribution in [1.29, 1.82) is 0 Å². The van der Waals surface area contributed by atoms with E-state index in [1.54, 1.807) is 6.92 Å². The van der Waals surface area contributed by atoms with Crippen molar-refractivity contribution in [2.24, 2.45) is 0 Å². The molecule has 1 aromatic carbocycles. The molecule has 9 heteroatoms. The lowest BCUT2D eigenvalue weighted by Gasteiger charge is -2.25. The molecule has 154 valence electrons. The van der Waals surface area contributed by atoms with Crippen molar-refractivity contribution in [3.8, 4) is 11.9 Å². The number of hydrogen-bond donors (Lipinski definition) is 0. The van der Waals surface area contributed by atoms with E-state index < -0.39 is 12.0 Å². The van der Waals surface area contributed by atoms with Crippen LogP contribution in [0.2, 0.25) is 0 Å². The summed E-state index contributed by atoms with van der Waals surface area (Å²) >= 11 is 0. The fourth-order valence-electron chi connectivity index (χ4n) is 3.36. The van der Waals surface area contributed by atoms with E-state index in [2.05, 4.69) is 9.97 Å². The molecule has 0 bridgehead atoms. The standard InChI is InChI=1S/C20H24N4O5/c1-13-17-18(21-20(29-4)22-19(17)28-3)23(11-14-8-6-5-7-9-14)12-15(24(13)26)10-16(25)27-2/h5-9,15H,10-12H2,1-4H3. The van der Waals surface area contributed by atoms with Crippen molar-refractivity contribution >= 4 is 17.5 Å². The van der Waals surface area contributed by atoms with Crippen molar-refractivity contribution in [3.63, 3.8) is 0 Å². The molecule has 0 amide bonds. The average Bonchev–Trinajstić information content (AvgIpc) is 2.84. The number of anilines is 1. The fraction of sp³-hybridized carbons (Fsp3) is 0.400. The summed E-state index contributed by atoms with van der Waals surface area (Å²) in [5.41, 5.74) is 1.87. The predicted molar refractivity (Wildman–Crippen MR) is 106 cm³/mol. The van der Waals surface area contributed by atoms with Crippen LogP contribution in [0.1, 0.15) is 24.5 Å². The Bertz CT molecular complexity index is 917. The number of carbonyl (C=O) groups is 1.